The van der Waals surface area contributed by atoms with Gasteiger partial charge in [0.2, 0.25) is 5.91 Å². The predicted octanol–water partition coefficient (Wildman–Crippen LogP) is 4.90. The van der Waals surface area contributed by atoms with E-state index in [1.165, 1.54) is 19.3 Å². The fourth-order valence-corrected chi connectivity index (χ4v) is 4.69. The van der Waals surface area contributed by atoms with Gasteiger partial charge in [-0.2, -0.15) is 5.10 Å². The second kappa shape index (κ2) is 8.83. The van der Waals surface area contributed by atoms with E-state index in [0.717, 1.165) is 57.5 Å². The smallest absolute Gasteiger partial charge is 0.224 e. The summed E-state index contributed by atoms with van der Waals surface area (Å²) in [5.74, 6) is 0.663. The Balaban J connectivity index is 1.39. The number of H-pyrrole nitrogens is 2. The Morgan fingerprint density at radius 2 is 1.86 bits per heavy atom. The SMILES string of the molecule is CCC(=O)Nc1cncc(-c2ccc3[nH]nc(-c4nc5c(N6CCCCC6)cncc5[nH]4)c3c2)c1. The molecule has 1 aliphatic heterocycles. The summed E-state index contributed by atoms with van der Waals surface area (Å²) < 4.78 is 0. The summed E-state index contributed by atoms with van der Waals surface area (Å²) in [6.45, 7) is 3.89. The number of anilines is 2. The molecule has 1 saturated heterocycles. The minimum absolute atomic E-state index is 0.0418. The van der Waals surface area contributed by atoms with Crippen molar-refractivity contribution in [2.75, 3.05) is 23.3 Å². The van der Waals surface area contributed by atoms with E-state index in [1.807, 2.05) is 37.5 Å². The molecule has 9 heteroatoms. The molecule has 3 N–H and O–H groups in total. The van der Waals surface area contributed by atoms with Crippen LogP contribution in [0.4, 0.5) is 11.4 Å². The van der Waals surface area contributed by atoms with Crippen molar-refractivity contribution in [3.05, 3.63) is 49.1 Å². The zero-order chi connectivity index (χ0) is 23.8. The maximum Gasteiger partial charge on any atom is 0.224 e. The monoisotopic (exact) mass is 466 g/mol. The molecule has 1 aliphatic rings. The molecule has 5 aromatic rings. The van der Waals surface area contributed by atoms with Crippen LogP contribution in [0.3, 0.4) is 0 Å². The lowest BCUT2D eigenvalue weighted by Crippen LogP contribution is -2.29. The summed E-state index contributed by atoms with van der Waals surface area (Å²) in [6, 6.07) is 8.03. The molecule has 6 rings (SSSR count). The lowest BCUT2D eigenvalue weighted by molar-refractivity contribution is -0.115. The topological polar surface area (TPSA) is 115 Å². The molecular weight excluding hydrogens is 440 g/mol. The molecule has 0 atom stereocenters. The number of pyridine rings is 2. The molecule has 1 fully saturated rings. The van der Waals surface area contributed by atoms with Crippen molar-refractivity contribution in [2.24, 2.45) is 0 Å². The minimum Gasteiger partial charge on any atom is -0.368 e. The molecule has 4 aromatic heterocycles. The molecule has 0 unspecified atom stereocenters. The van der Waals surface area contributed by atoms with Gasteiger partial charge in [0.15, 0.2) is 5.82 Å². The average Bonchev–Trinajstić information content (AvgIpc) is 3.53. The Labute approximate surface area is 202 Å². The number of rotatable bonds is 5. The highest BCUT2D eigenvalue weighted by Gasteiger charge is 2.19. The molecule has 1 aromatic carbocycles. The lowest BCUT2D eigenvalue weighted by Gasteiger charge is -2.28. The van der Waals surface area contributed by atoms with Gasteiger partial charge in [-0.1, -0.05) is 13.0 Å². The van der Waals surface area contributed by atoms with Crippen LogP contribution in [0.5, 0.6) is 0 Å². The van der Waals surface area contributed by atoms with Gasteiger partial charge < -0.3 is 15.2 Å². The Kier molecular flexibility index (Phi) is 5.36. The van der Waals surface area contributed by atoms with Crippen molar-refractivity contribution in [1.82, 2.24) is 30.1 Å². The van der Waals surface area contributed by atoms with Crippen molar-refractivity contribution < 1.29 is 4.79 Å². The third-order valence-electron chi connectivity index (χ3n) is 6.54. The average molecular weight is 467 g/mol. The number of fused-ring (bicyclic) bond motifs is 2. The number of piperidine rings is 1. The second-order valence-electron chi connectivity index (χ2n) is 8.88. The molecular formula is C26H26N8O. The van der Waals surface area contributed by atoms with Crippen LogP contribution in [0.1, 0.15) is 32.6 Å². The van der Waals surface area contributed by atoms with Gasteiger partial charge in [-0.15, -0.1) is 0 Å². The largest absolute Gasteiger partial charge is 0.368 e. The summed E-state index contributed by atoms with van der Waals surface area (Å²) in [4.78, 5) is 31.3. The zero-order valence-corrected chi connectivity index (χ0v) is 19.5. The molecule has 1 amide bonds. The summed E-state index contributed by atoms with van der Waals surface area (Å²) in [7, 11) is 0. The first kappa shape index (κ1) is 21.3. The van der Waals surface area contributed by atoms with Gasteiger partial charge in [-0.05, 0) is 43.0 Å². The predicted molar refractivity (Wildman–Crippen MR) is 137 cm³/mol. The number of hydrogen-bond donors (Lipinski definition) is 3. The van der Waals surface area contributed by atoms with Crippen LogP contribution in [-0.4, -0.2) is 49.1 Å². The summed E-state index contributed by atoms with van der Waals surface area (Å²) in [5, 5.41) is 11.5. The van der Waals surface area contributed by atoms with Crippen molar-refractivity contribution in [2.45, 2.75) is 32.6 Å². The highest BCUT2D eigenvalue weighted by Crippen LogP contribution is 2.33. The van der Waals surface area contributed by atoms with Crippen LogP contribution in [0.15, 0.2) is 49.1 Å². The number of nitrogens with one attached hydrogen (secondary N) is 3. The van der Waals surface area contributed by atoms with E-state index in [1.54, 1.807) is 12.4 Å². The van der Waals surface area contributed by atoms with Crippen LogP contribution in [0.2, 0.25) is 0 Å². The molecule has 0 aliphatic carbocycles. The van der Waals surface area contributed by atoms with E-state index in [-0.39, 0.29) is 5.91 Å². The van der Waals surface area contributed by atoms with Crippen LogP contribution in [-0.2, 0) is 4.79 Å². The molecule has 176 valence electrons. The molecule has 0 spiro atoms. The van der Waals surface area contributed by atoms with Crippen molar-refractivity contribution in [3.8, 4) is 22.6 Å². The fraction of sp³-hybridized carbons (Fsp3) is 0.269. The van der Waals surface area contributed by atoms with E-state index < -0.39 is 0 Å². The van der Waals surface area contributed by atoms with E-state index in [4.69, 9.17) is 4.98 Å². The minimum atomic E-state index is -0.0418. The number of amides is 1. The molecule has 0 radical (unpaired) electrons. The maximum atomic E-state index is 11.8. The van der Waals surface area contributed by atoms with Gasteiger partial charge in [0, 0.05) is 36.7 Å². The zero-order valence-electron chi connectivity index (χ0n) is 19.5. The first-order valence-corrected chi connectivity index (χ1v) is 12.0. The lowest BCUT2D eigenvalue weighted by atomic mass is 10.0. The van der Waals surface area contributed by atoms with Crippen LogP contribution in [0.25, 0.3) is 44.6 Å². The molecule has 9 nitrogen and oxygen atoms in total. The van der Waals surface area contributed by atoms with Crippen LogP contribution in [0, 0.1) is 0 Å². The highest BCUT2D eigenvalue weighted by atomic mass is 16.1. The van der Waals surface area contributed by atoms with E-state index in [9.17, 15) is 4.79 Å². The number of aromatic nitrogens is 6. The summed E-state index contributed by atoms with van der Waals surface area (Å²) in [5.41, 5.74) is 7.14. The Bertz CT molecular complexity index is 1530. The number of benzene rings is 1. The van der Waals surface area contributed by atoms with Gasteiger partial charge in [0.05, 0.1) is 41.0 Å². The van der Waals surface area contributed by atoms with Crippen LogP contribution >= 0.6 is 0 Å². The van der Waals surface area contributed by atoms with Gasteiger partial charge in [0.1, 0.15) is 11.2 Å². The van der Waals surface area contributed by atoms with Gasteiger partial charge in [-0.3, -0.25) is 19.9 Å². The third-order valence-corrected chi connectivity index (χ3v) is 6.54. The first-order chi connectivity index (χ1) is 17.2. The summed E-state index contributed by atoms with van der Waals surface area (Å²) in [6.07, 6.45) is 11.3. The fourth-order valence-electron chi connectivity index (χ4n) is 4.69. The van der Waals surface area contributed by atoms with E-state index in [2.05, 4.69) is 41.4 Å². The number of hydrogen-bond acceptors (Lipinski definition) is 6. The van der Waals surface area contributed by atoms with E-state index >= 15 is 0 Å². The second-order valence-corrected chi connectivity index (χ2v) is 8.88. The molecule has 0 saturated carbocycles. The quantitative estimate of drug-likeness (QED) is 0.339. The van der Waals surface area contributed by atoms with Gasteiger partial charge in [0.25, 0.3) is 0 Å². The van der Waals surface area contributed by atoms with E-state index in [0.29, 0.717) is 17.9 Å². The Hall–Kier alpha value is -4.27. The van der Waals surface area contributed by atoms with Crippen molar-refractivity contribution in [1.29, 1.82) is 0 Å². The molecule has 0 bridgehead atoms. The number of imidazole rings is 1. The van der Waals surface area contributed by atoms with Crippen molar-refractivity contribution in [3.63, 3.8) is 0 Å². The maximum absolute atomic E-state index is 11.8. The first-order valence-electron chi connectivity index (χ1n) is 12.0. The molecule has 5 heterocycles. The summed E-state index contributed by atoms with van der Waals surface area (Å²) >= 11 is 0. The van der Waals surface area contributed by atoms with Gasteiger partial charge >= 0.3 is 0 Å². The van der Waals surface area contributed by atoms with Crippen molar-refractivity contribution >= 4 is 39.2 Å². The van der Waals surface area contributed by atoms with Crippen LogP contribution < -0.4 is 10.2 Å². The number of carbonyl (C=O) groups is 1. The number of aromatic amines is 2. The Morgan fingerprint density at radius 3 is 2.71 bits per heavy atom. The third kappa shape index (κ3) is 3.99. The Morgan fingerprint density at radius 1 is 1.00 bits per heavy atom. The highest BCUT2D eigenvalue weighted by molar-refractivity contribution is 5.97. The number of nitrogens with zero attached hydrogens (tertiary/aromatic N) is 5. The standard InChI is InChI=1S/C26H26N8O/c1-2-23(35)29-18-10-17(12-27-13-18)16-6-7-20-19(11-16)24(33-32-20)26-30-21-14-28-15-22(25(21)31-26)34-8-4-3-5-9-34/h6-7,10-15H,2-5,8-9H2,1H3,(H,29,35)(H,30,31)(H,32,33). The number of carbonyl (C=O) groups excluding carboxylic acids is 1. The van der Waals surface area contributed by atoms with Gasteiger partial charge in [-0.25, -0.2) is 4.98 Å². The normalized spacial score (nSPS) is 14.0. The molecule has 35 heavy (non-hydrogen) atoms.